The summed E-state index contributed by atoms with van der Waals surface area (Å²) >= 11 is 1.35. The van der Waals surface area contributed by atoms with Crippen LogP contribution in [0.25, 0.3) is 5.13 Å². The van der Waals surface area contributed by atoms with Crippen molar-refractivity contribution in [1.82, 2.24) is 25.2 Å². The van der Waals surface area contributed by atoms with Crippen molar-refractivity contribution in [3.8, 4) is 5.13 Å². The summed E-state index contributed by atoms with van der Waals surface area (Å²) in [6, 6.07) is 0. The van der Waals surface area contributed by atoms with Gasteiger partial charge in [-0.2, -0.15) is 4.68 Å². The van der Waals surface area contributed by atoms with E-state index in [9.17, 15) is 4.79 Å². The maximum Gasteiger partial charge on any atom is 0.234 e. The van der Waals surface area contributed by atoms with Crippen LogP contribution in [-0.2, 0) is 11.3 Å². The highest BCUT2D eigenvalue weighted by atomic mass is 32.1. The molecule has 0 saturated carbocycles. The minimum Gasteiger partial charge on any atom is -0.377 e. The van der Waals surface area contributed by atoms with E-state index in [-0.39, 0.29) is 5.78 Å². The first-order chi connectivity index (χ1) is 8.13. The molecule has 7 nitrogen and oxygen atoms in total. The maximum absolute atomic E-state index is 11.3. The molecule has 0 aliphatic carbocycles. The fraction of sp³-hybridized carbons (Fsp3) is 0.444. The van der Waals surface area contributed by atoms with Gasteiger partial charge in [-0.1, -0.05) is 16.6 Å². The summed E-state index contributed by atoms with van der Waals surface area (Å²) in [6.07, 6.45) is 0. The van der Waals surface area contributed by atoms with E-state index in [1.54, 1.807) is 14.0 Å². The Labute approximate surface area is 101 Å². The molecule has 8 heteroatoms. The van der Waals surface area contributed by atoms with Crippen LogP contribution in [-0.4, -0.2) is 38.1 Å². The van der Waals surface area contributed by atoms with Crippen molar-refractivity contribution in [2.24, 2.45) is 0 Å². The van der Waals surface area contributed by atoms with E-state index in [1.165, 1.54) is 22.9 Å². The van der Waals surface area contributed by atoms with E-state index < -0.39 is 0 Å². The number of hydrogen-bond acceptors (Lipinski definition) is 7. The molecule has 0 radical (unpaired) electrons. The van der Waals surface area contributed by atoms with Crippen molar-refractivity contribution in [3.63, 3.8) is 0 Å². The lowest BCUT2D eigenvalue weighted by Crippen LogP contribution is -2.00. The second kappa shape index (κ2) is 4.68. The summed E-state index contributed by atoms with van der Waals surface area (Å²) in [5.74, 6) is -0.115. The predicted molar refractivity (Wildman–Crippen MR) is 60.3 cm³/mol. The molecule has 0 aromatic carbocycles. The maximum atomic E-state index is 11.3. The Morgan fingerprint density at radius 3 is 2.76 bits per heavy atom. The van der Waals surface area contributed by atoms with E-state index >= 15 is 0 Å². The Morgan fingerprint density at radius 1 is 1.41 bits per heavy atom. The van der Waals surface area contributed by atoms with Gasteiger partial charge in [0.05, 0.1) is 5.69 Å². The normalized spacial score (nSPS) is 10.8. The van der Waals surface area contributed by atoms with E-state index in [2.05, 4.69) is 20.5 Å². The average molecular weight is 253 g/mol. The van der Waals surface area contributed by atoms with Gasteiger partial charge in [0.1, 0.15) is 11.6 Å². The molecule has 0 saturated heterocycles. The zero-order valence-electron chi connectivity index (χ0n) is 9.67. The first kappa shape index (κ1) is 11.8. The number of rotatable bonds is 4. The third-order valence-electron chi connectivity index (χ3n) is 2.13. The molecule has 0 atom stereocenters. The Balaban J connectivity index is 2.36. The molecule has 2 heterocycles. The molecule has 2 rings (SSSR count). The van der Waals surface area contributed by atoms with Gasteiger partial charge in [0.2, 0.25) is 5.13 Å². The zero-order chi connectivity index (χ0) is 12.4. The summed E-state index contributed by atoms with van der Waals surface area (Å²) in [4.78, 5) is 11.3. The van der Waals surface area contributed by atoms with Gasteiger partial charge in [-0.25, -0.2) is 0 Å². The van der Waals surface area contributed by atoms with E-state index in [0.717, 1.165) is 5.01 Å². The molecule has 2 aromatic heterocycles. The van der Waals surface area contributed by atoms with Gasteiger partial charge in [0.15, 0.2) is 11.5 Å². The van der Waals surface area contributed by atoms with Crippen LogP contribution in [0, 0.1) is 6.92 Å². The number of methoxy groups -OCH3 is 1. The molecule has 0 bridgehead atoms. The van der Waals surface area contributed by atoms with Gasteiger partial charge in [0, 0.05) is 14.0 Å². The molecule has 0 N–H and O–H groups in total. The van der Waals surface area contributed by atoms with Crippen LogP contribution < -0.4 is 0 Å². The zero-order valence-corrected chi connectivity index (χ0v) is 10.5. The Kier molecular flexibility index (Phi) is 3.25. The molecule has 0 unspecified atom stereocenters. The monoisotopic (exact) mass is 253 g/mol. The lowest BCUT2D eigenvalue weighted by atomic mass is 10.3. The summed E-state index contributed by atoms with van der Waals surface area (Å²) < 4.78 is 6.47. The third kappa shape index (κ3) is 2.22. The number of nitrogens with zero attached hydrogens (tertiary/aromatic N) is 5. The largest absolute Gasteiger partial charge is 0.377 e. The number of Topliss-reactive ketones (excluding diaryl/α,β-unsaturated/α-hetero) is 1. The van der Waals surface area contributed by atoms with Gasteiger partial charge in [-0.05, 0) is 6.92 Å². The number of ether oxygens (including phenoxy) is 1. The summed E-state index contributed by atoms with van der Waals surface area (Å²) in [7, 11) is 1.59. The smallest absolute Gasteiger partial charge is 0.234 e. The molecular weight excluding hydrogens is 242 g/mol. The van der Waals surface area contributed by atoms with E-state index in [1.807, 2.05) is 0 Å². The van der Waals surface area contributed by atoms with Crippen molar-refractivity contribution >= 4 is 17.1 Å². The van der Waals surface area contributed by atoms with Gasteiger partial charge in [-0.3, -0.25) is 4.79 Å². The van der Waals surface area contributed by atoms with Gasteiger partial charge >= 0.3 is 0 Å². The van der Waals surface area contributed by atoms with Crippen LogP contribution in [0.15, 0.2) is 0 Å². The summed E-state index contributed by atoms with van der Waals surface area (Å²) in [6.45, 7) is 3.64. The van der Waals surface area contributed by atoms with Crippen LogP contribution in [0.1, 0.15) is 28.1 Å². The lowest BCUT2D eigenvalue weighted by molar-refractivity contribution is 0.101. The Hall–Kier alpha value is -1.67. The first-order valence-electron chi connectivity index (χ1n) is 4.88. The van der Waals surface area contributed by atoms with Crippen LogP contribution in [0.2, 0.25) is 0 Å². The third-order valence-corrected chi connectivity index (χ3v) is 3.01. The summed E-state index contributed by atoms with van der Waals surface area (Å²) in [5, 5.41) is 17.0. The number of aromatic nitrogens is 5. The highest BCUT2D eigenvalue weighted by Crippen LogP contribution is 2.17. The SMILES string of the molecule is COCc1nnc(-n2nnc(C(C)=O)c2C)s1. The van der Waals surface area contributed by atoms with Gasteiger partial charge in [-0.15, -0.1) is 15.3 Å². The van der Waals surface area contributed by atoms with Gasteiger partial charge in [0.25, 0.3) is 0 Å². The Bertz CT molecular complexity index is 547. The molecule has 0 aliphatic heterocycles. The topological polar surface area (TPSA) is 82.8 Å². The predicted octanol–water partition coefficient (Wildman–Crippen LogP) is 0.776. The number of carbonyl (C=O) groups excluding carboxylic acids is 1. The highest BCUT2D eigenvalue weighted by molar-refractivity contribution is 7.13. The minimum atomic E-state index is -0.115. The van der Waals surface area contributed by atoms with Crippen LogP contribution in [0.4, 0.5) is 0 Å². The molecule has 90 valence electrons. The van der Waals surface area contributed by atoms with Crippen molar-refractivity contribution in [2.75, 3.05) is 7.11 Å². The highest BCUT2D eigenvalue weighted by Gasteiger charge is 2.16. The quantitative estimate of drug-likeness (QED) is 0.749. The average Bonchev–Trinajstić information content (AvgIpc) is 2.85. The molecule has 17 heavy (non-hydrogen) atoms. The standard InChI is InChI=1S/C9H11N5O2S/c1-5-8(6(2)15)11-13-14(5)9-12-10-7(17-9)4-16-3/h4H2,1-3H3. The molecule has 0 amide bonds. The first-order valence-corrected chi connectivity index (χ1v) is 5.70. The van der Waals surface area contributed by atoms with Crippen molar-refractivity contribution in [3.05, 3.63) is 16.4 Å². The number of hydrogen-bond donors (Lipinski definition) is 0. The number of ketones is 1. The molecule has 0 spiro atoms. The Morgan fingerprint density at radius 2 is 2.18 bits per heavy atom. The molecule has 2 aromatic rings. The fourth-order valence-electron chi connectivity index (χ4n) is 1.35. The molecule has 0 fully saturated rings. The van der Waals surface area contributed by atoms with Crippen molar-refractivity contribution in [2.45, 2.75) is 20.5 Å². The fourth-order valence-corrected chi connectivity index (χ4v) is 2.16. The minimum absolute atomic E-state index is 0.115. The summed E-state index contributed by atoms with van der Waals surface area (Å²) in [5.41, 5.74) is 1.02. The van der Waals surface area contributed by atoms with Crippen LogP contribution in [0.3, 0.4) is 0 Å². The van der Waals surface area contributed by atoms with Gasteiger partial charge < -0.3 is 4.74 Å². The molecular formula is C9H11N5O2S. The second-order valence-corrected chi connectivity index (χ2v) is 4.44. The van der Waals surface area contributed by atoms with Crippen molar-refractivity contribution < 1.29 is 9.53 Å². The number of carbonyl (C=O) groups is 1. The second-order valence-electron chi connectivity index (χ2n) is 3.40. The van der Waals surface area contributed by atoms with Crippen LogP contribution in [0.5, 0.6) is 0 Å². The lowest BCUT2D eigenvalue weighted by Gasteiger charge is -1.95. The van der Waals surface area contributed by atoms with E-state index in [0.29, 0.717) is 23.1 Å². The van der Waals surface area contributed by atoms with Crippen molar-refractivity contribution in [1.29, 1.82) is 0 Å². The molecule has 0 aliphatic rings. The van der Waals surface area contributed by atoms with Crippen LogP contribution >= 0.6 is 11.3 Å². The van der Waals surface area contributed by atoms with E-state index in [4.69, 9.17) is 4.74 Å².